The zero-order valence-corrected chi connectivity index (χ0v) is 21.4. The molecule has 2 N–H and O–H groups in total. The van der Waals surface area contributed by atoms with Crippen molar-refractivity contribution < 1.29 is 29.2 Å². The summed E-state index contributed by atoms with van der Waals surface area (Å²) < 4.78 is 5.53. The molecule has 1 aromatic carbocycles. The van der Waals surface area contributed by atoms with Gasteiger partial charge in [0.05, 0.1) is 29.0 Å². The quantitative estimate of drug-likeness (QED) is 0.225. The van der Waals surface area contributed by atoms with Crippen LogP contribution in [0.5, 0.6) is 0 Å². The lowest BCUT2D eigenvalue weighted by atomic mass is 9.79. The summed E-state index contributed by atoms with van der Waals surface area (Å²) in [6.07, 6.45) is -0.264. The van der Waals surface area contributed by atoms with Crippen LogP contribution in [0.2, 0.25) is 0 Å². The first-order chi connectivity index (χ1) is 17.0. The summed E-state index contributed by atoms with van der Waals surface area (Å²) in [6.45, 7) is 3.98. The Morgan fingerprint density at radius 2 is 2.00 bits per heavy atom. The number of ether oxygens (including phenoxy) is 1. The lowest BCUT2D eigenvalue weighted by Gasteiger charge is -2.46. The number of nitrogens with zero attached hydrogens (tertiary/aromatic N) is 3. The SMILES string of the molecule is C[C@@H](O)[C@H]1C(=O)N2C(C(=O)OCc3ccc([N+](=O)[O-])cc3)=C(S[C@@H]3CN[C@H](C(=O)N(C)C)C3)[C@H](C)[C@H]12. The first-order valence-corrected chi connectivity index (χ1v) is 12.7. The lowest BCUT2D eigenvalue weighted by molar-refractivity contribution is -0.384. The number of aliphatic hydroxyl groups excluding tert-OH is 1. The number of aliphatic hydroxyl groups is 1. The van der Waals surface area contributed by atoms with E-state index < -0.39 is 22.9 Å². The van der Waals surface area contributed by atoms with Crippen molar-refractivity contribution in [3.63, 3.8) is 0 Å². The number of non-ortho nitro benzene ring substituents is 1. The number of esters is 1. The maximum Gasteiger partial charge on any atom is 0.356 e. The summed E-state index contributed by atoms with van der Waals surface area (Å²) in [4.78, 5) is 52.6. The van der Waals surface area contributed by atoms with Crippen molar-refractivity contribution in [2.75, 3.05) is 20.6 Å². The Hall–Kier alpha value is -2.96. The molecule has 6 atom stereocenters. The number of hydrogen-bond donors (Lipinski definition) is 2. The number of fused-ring (bicyclic) bond motifs is 1. The highest BCUT2D eigenvalue weighted by Crippen LogP contribution is 2.52. The summed E-state index contributed by atoms with van der Waals surface area (Å²) in [7, 11) is 3.41. The van der Waals surface area contributed by atoms with Gasteiger partial charge in [0.25, 0.3) is 5.69 Å². The average Bonchev–Trinajstić information content (AvgIpc) is 3.38. The molecule has 2 saturated heterocycles. The summed E-state index contributed by atoms with van der Waals surface area (Å²) in [5.74, 6) is -1.76. The van der Waals surface area contributed by atoms with E-state index in [4.69, 9.17) is 4.74 Å². The maximum atomic E-state index is 13.3. The van der Waals surface area contributed by atoms with Gasteiger partial charge < -0.3 is 25.0 Å². The fourth-order valence-corrected chi connectivity index (χ4v) is 6.55. The Kier molecular flexibility index (Phi) is 7.39. The molecule has 0 saturated carbocycles. The molecule has 194 valence electrons. The van der Waals surface area contributed by atoms with Gasteiger partial charge in [0.1, 0.15) is 12.3 Å². The van der Waals surface area contributed by atoms with E-state index >= 15 is 0 Å². The summed E-state index contributed by atoms with van der Waals surface area (Å²) in [5, 5.41) is 24.3. The van der Waals surface area contributed by atoms with Crippen LogP contribution in [0.3, 0.4) is 0 Å². The molecular formula is C24H30N4O7S. The number of likely N-dealkylation sites (N-methyl/N-ethyl adjacent to an activating group) is 1. The van der Waals surface area contributed by atoms with Crippen molar-refractivity contribution >= 4 is 35.2 Å². The molecule has 0 spiro atoms. The van der Waals surface area contributed by atoms with Crippen molar-refractivity contribution in [3.05, 3.63) is 50.5 Å². The normalized spacial score (nSPS) is 28.0. The molecule has 3 aliphatic heterocycles. The van der Waals surface area contributed by atoms with Gasteiger partial charge in [-0.15, -0.1) is 11.8 Å². The van der Waals surface area contributed by atoms with Crippen LogP contribution >= 0.6 is 11.8 Å². The van der Waals surface area contributed by atoms with Gasteiger partial charge in [-0.25, -0.2) is 4.79 Å². The van der Waals surface area contributed by atoms with Crippen LogP contribution in [-0.4, -0.2) is 81.7 Å². The maximum absolute atomic E-state index is 13.3. The third-order valence-electron chi connectivity index (χ3n) is 6.94. The topological polar surface area (TPSA) is 142 Å². The number of thioether (sulfide) groups is 1. The number of hydrogen-bond acceptors (Lipinski definition) is 9. The van der Waals surface area contributed by atoms with Crippen LogP contribution in [0.4, 0.5) is 5.69 Å². The van der Waals surface area contributed by atoms with E-state index in [0.29, 0.717) is 18.5 Å². The monoisotopic (exact) mass is 518 g/mol. The molecule has 0 bridgehead atoms. The predicted octanol–water partition coefficient (Wildman–Crippen LogP) is 1.26. The van der Waals surface area contributed by atoms with E-state index in [1.165, 1.54) is 40.9 Å². The number of benzene rings is 1. The molecular weight excluding hydrogens is 488 g/mol. The molecule has 3 heterocycles. The standard InChI is InChI=1S/C24H30N4O7S/c1-12-19-18(13(2)29)23(31)27(19)20(21(12)36-16-9-17(25-10-16)22(30)26(3)4)24(32)35-11-14-5-7-15(8-6-14)28(33)34/h5-8,12-13,16-19,25,29H,9-11H2,1-4H3/t12-,13-,16+,17+,18-,19-/m1/s1. The number of nitro groups is 1. The van der Waals surface area contributed by atoms with Gasteiger partial charge in [0.15, 0.2) is 0 Å². The molecule has 12 heteroatoms. The van der Waals surface area contributed by atoms with Crippen molar-refractivity contribution in [2.45, 2.75) is 50.3 Å². The van der Waals surface area contributed by atoms with Crippen LogP contribution in [-0.2, 0) is 25.7 Å². The van der Waals surface area contributed by atoms with Crippen LogP contribution in [0, 0.1) is 22.0 Å². The molecule has 0 radical (unpaired) electrons. The van der Waals surface area contributed by atoms with E-state index in [1.54, 1.807) is 25.9 Å². The highest BCUT2D eigenvalue weighted by molar-refractivity contribution is 8.03. The second kappa shape index (κ2) is 10.2. The second-order valence-electron chi connectivity index (χ2n) is 9.64. The van der Waals surface area contributed by atoms with E-state index in [1.807, 2.05) is 6.92 Å². The zero-order chi connectivity index (χ0) is 26.3. The minimum absolute atomic E-state index is 0.0116. The summed E-state index contributed by atoms with van der Waals surface area (Å²) in [5.41, 5.74) is 0.697. The summed E-state index contributed by atoms with van der Waals surface area (Å²) in [6, 6.07) is 5.05. The van der Waals surface area contributed by atoms with Gasteiger partial charge in [-0.2, -0.15) is 0 Å². The molecule has 36 heavy (non-hydrogen) atoms. The van der Waals surface area contributed by atoms with Gasteiger partial charge in [0, 0.05) is 48.8 Å². The van der Waals surface area contributed by atoms with Crippen LogP contribution in [0.15, 0.2) is 34.9 Å². The molecule has 3 aliphatic rings. The minimum Gasteiger partial charge on any atom is -0.456 e. The Labute approximate surface area is 213 Å². The first-order valence-electron chi connectivity index (χ1n) is 11.8. The highest BCUT2D eigenvalue weighted by Gasteiger charge is 2.60. The van der Waals surface area contributed by atoms with E-state index in [9.17, 15) is 29.6 Å². The molecule has 11 nitrogen and oxygen atoms in total. The van der Waals surface area contributed by atoms with E-state index in [-0.39, 0.29) is 53.1 Å². The van der Waals surface area contributed by atoms with Gasteiger partial charge in [-0.05, 0) is 31.0 Å². The Morgan fingerprint density at radius 1 is 1.33 bits per heavy atom. The Bertz CT molecular complexity index is 1100. The molecule has 0 unspecified atom stereocenters. The van der Waals surface area contributed by atoms with Crippen molar-refractivity contribution in [1.82, 2.24) is 15.1 Å². The van der Waals surface area contributed by atoms with Crippen molar-refractivity contribution in [3.8, 4) is 0 Å². The minimum atomic E-state index is -0.849. The number of β-lactam (4-membered cyclic amide) rings is 1. The van der Waals surface area contributed by atoms with Crippen LogP contribution in [0.25, 0.3) is 0 Å². The van der Waals surface area contributed by atoms with E-state index in [2.05, 4.69) is 5.32 Å². The molecule has 2 amide bonds. The average molecular weight is 519 g/mol. The van der Waals surface area contributed by atoms with Crippen molar-refractivity contribution in [2.24, 2.45) is 11.8 Å². The molecule has 4 rings (SSSR count). The molecule has 0 aliphatic carbocycles. The number of carbonyl (C=O) groups is 3. The van der Waals surface area contributed by atoms with Crippen LogP contribution in [0.1, 0.15) is 25.8 Å². The van der Waals surface area contributed by atoms with Gasteiger partial charge >= 0.3 is 5.97 Å². The fraction of sp³-hybridized carbons (Fsp3) is 0.542. The lowest BCUT2D eigenvalue weighted by Crippen LogP contribution is -2.63. The third kappa shape index (κ3) is 4.72. The molecule has 1 aromatic rings. The largest absolute Gasteiger partial charge is 0.456 e. The van der Waals surface area contributed by atoms with Crippen LogP contribution < -0.4 is 5.32 Å². The summed E-state index contributed by atoms with van der Waals surface area (Å²) >= 11 is 1.48. The number of amides is 2. The predicted molar refractivity (Wildman–Crippen MR) is 131 cm³/mol. The zero-order valence-electron chi connectivity index (χ0n) is 20.5. The number of nitrogens with one attached hydrogen (secondary N) is 1. The van der Waals surface area contributed by atoms with Gasteiger partial charge in [-0.1, -0.05) is 6.92 Å². The third-order valence-corrected chi connectivity index (χ3v) is 8.45. The van der Waals surface area contributed by atoms with Crippen molar-refractivity contribution in [1.29, 1.82) is 0 Å². The Balaban J connectivity index is 1.53. The smallest absolute Gasteiger partial charge is 0.356 e. The number of carbonyl (C=O) groups excluding carboxylic acids is 3. The highest BCUT2D eigenvalue weighted by atomic mass is 32.2. The Morgan fingerprint density at radius 3 is 2.58 bits per heavy atom. The number of rotatable bonds is 8. The number of nitro benzene ring substituents is 1. The van der Waals surface area contributed by atoms with Gasteiger partial charge in [-0.3, -0.25) is 19.7 Å². The van der Waals surface area contributed by atoms with E-state index in [0.717, 1.165) is 4.91 Å². The van der Waals surface area contributed by atoms with Gasteiger partial charge in [0.2, 0.25) is 11.8 Å². The second-order valence-corrected chi connectivity index (χ2v) is 11.0. The fourth-order valence-electron chi connectivity index (χ4n) is 5.07. The molecule has 2 fully saturated rings. The first kappa shape index (κ1) is 26.1. The molecule has 0 aromatic heterocycles.